The lowest BCUT2D eigenvalue weighted by Gasteiger charge is -2.35. The fraction of sp³-hybridized carbons (Fsp3) is 0.900. The zero-order valence-corrected chi connectivity index (χ0v) is 9.45. The first-order valence-corrected chi connectivity index (χ1v) is 5.31. The average Bonchev–Trinajstić information content (AvgIpc) is 2.24. The van der Waals surface area contributed by atoms with Crippen molar-refractivity contribution in [1.82, 2.24) is 4.90 Å². The van der Waals surface area contributed by atoms with Gasteiger partial charge in [-0.05, 0) is 12.8 Å². The summed E-state index contributed by atoms with van der Waals surface area (Å²) in [7, 11) is 1.54. The van der Waals surface area contributed by atoms with E-state index in [0.717, 1.165) is 4.90 Å². The van der Waals surface area contributed by atoms with Crippen molar-refractivity contribution < 1.29 is 23.8 Å². The predicted molar refractivity (Wildman–Crippen MR) is 55.4 cm³/mol. The van der Waals surface area contributed by atoms with E-state index in [0.29, 0.717) is 32.6 Å². The first-order chi connectivity index (χ1) is 7.57. The third kappa shape index (κ3) is 3.94. The number of methoxy groups -OCH3 is 1. The van der Waals surface area contributed by atoms with E-state index in [2.05, 4.69) is 0 Å². The number of hydrogen-bond donors (Lipinski definition) is 1. The third-order valence-electron chi connectivity index (χ3n) is 2.59. The molecule has 0 aromatic carbocycles. The van der Waals surface area contributed by atoms with E-state index < -0.39 is 11.8 Å². The van der Waals surface area contributed by atoms with E-state index in [1.54, 1.807) is 7.11 Å². The molecule has 1 aliphatic heterocycles. The van der Waals surface area contributed by atoms with Crippen molar-refractivity contribution in [3.05, 3.63) is 0 Å². The summed E-state index contributed by atoms with van der Waals surface area (Å²) in [6.07, 6.45) is -0.182. The second-order valence-corrected chi connectivity index (χ2v) is 4.00. The first kappa shape index (κ1) is 13.2. The van der Waals surface area contributed by atoms with Crippen molar-refractivity contribution in [2.24, 2.45) is 0 Å². The molecular formula is C10H18FNO4. The number of nitrogens with zero attached hydrogens (tertiary/aromatic N) is 1. The molecule has 0 radical (unpaired) electrons. The minimum absolute atomic E-state index is 0.0693. The van der Waals surface area contributed by atoms with Crippen LogP contribution in [0.3, 0.4) is 0 Å². The van der Waals surface area contributed by atoms with Crippen molar-refractivity contribution in [1.29, 1.82) is 0 Å². The molecular weight excluding hydrogens is 217 g/mol. The van der Waals surface area contributed by atoms with Crippen LogP contribution in [0.5, 0.6) is 0 Å². The van der Waals surface area contributed by atoms with Gasteiger partial charge in [-0.15, -0.1) is 0 Å². The number of alkyl halides is 1. The molecule has 0 aliphatic carbocycles. The van der Waals surface area contributed by atoms with E-state index in [9.17, 15) is 9.18 Å². The van der Waals surface area contributed by atoms with Gasteiger partial charge in [-0.2, -0.15) is 0 Å². The van der Waals surface area contributed by atoms with Gasteiger partial charge in [-0.1, -0.05) is 0 Å². The van der Waals surface area contributed by atoms with Gasteiger partial charge in [0, 0.05) is 13.7 Å². The van der Waals surface area contributed by atoms with Crippen molar-refractivity contribution in [2.45, 2.75) is 18.5 Å². The maximum absolute atomic E-state index is 14.1. The van der Waals surface area contributed by atoms with Gasteiger partial charge >= 0.3 is 6.09 Å². The number of carbonyl (C=O) groups is 1. The van der Waals surface area contributed by atoms with Gasteiger partial charge in [-0.25, -0.2) is 9.18 Å². The Bertz CT molecular complexity index is 239. The maximum Gasteiger partial charge on any atom is 0.407 e. The van der Waals surface area contributed by atoms with Crippen LogP contribution in [0.25, 0.3) is 0 Å². The highest BCUT2D eigenvalue weighted by molar-refractivity contribution is 5.65. The Morgan fingerprint density at radius 1 is 1.56 bits per heavy atom. The summed E-state index contributed by atoms with van der Waals surface area (Å²) in [5.41, 5.74) is -1.55. The van der Waals surface area contributed by atoms with Crippen LogP contribution in [0.1, 0.15) is 12.8 Å². The molecule has 0 aromatic rings. The second-order valence-electron chi connectivity index (χ2n) is 4.00. The fourth-order valence-corrected chi connectivity index (χ4v) is 1.77. The number of carboxylic acid groups (broad SMARTS) is 1. The molecule has 16 heavy (non-hydrogen) atoms. The number of rotatable bonds is 5. The molecule has 0 bridgehead atoms. The molecule has 1 N–H and O–H groups in total. The minimum Gasteiger partial charge on any atom is -0.465 e. The quantitative estimate of drug-likeness (QED) is 0.726. The Balaban J connectivity index is 2.34. The summed E-state index contributed by atoms with van der Waals surface area (Å²) in [5, 5.41) is 8.78. The minimum atomic E-state index is -1.55. The van der Waals surface area contributed by atoms with E-state index >= 15 is 0 Å². The molecule has 1 fully saturated rings. The van der Waals surface area contributed by atoms with Crippen LogP contribution in [0.4, 0.5) is 9.18 Å². The van der Waals surface area contributed by atoms with Gasteiger partial charge in [0.1, 0.15) is 0 Å². The molecule has 0 saturated carbocycles. The van der Waals surface area contributed by atoms with E-state index in [-0.39, 0.29) is 13.2 Å². The van der Waals surface area contributed by atoms with Crippen molar-refractivity contribution >= 4 is 6.09 Å². The summed E-state index contributed by atoms with van der Waals surface area (Å²) in [6, 6.07) is 0. The van der Waals surface area contributed by atoms with Gasteiger partial charge in [0.25, 0.3) is 0 Å². The van der Waals surface area contributed by atoms with Crippen molar-refractivity contribution in [3.63, 3.8) is 0 Å². The lowest BCUT2D eigenvalue weighted by atomic mass is 9.96. The summed E-state index contributed by atoms with van der Waals surface area (Å²) >= 11 is 0. The van der Waals surface area contributed by atoms with Gasteiger partial charge in [0.15, 0.2) is 5.67 Å². The van der Waals surface area contributed by atoms with Crippen molar-refractivity contribution in [3.8, 4) is 0 Å². The van der Waals surface area contributed by atoms with E-state index in [4.69, 9.17) is 14.6 Å². The molecule has 1 atom stereocenters. The van der Waals surface area contributed by atoms with Gasteiger partial charge in [-0.3, -0.25) is 0 Å². The lowest BCUT2D eigenvalue weighted by molar-refractivity contribution is -0.0378. The zero-order valence-electron chi connectivity index (χ0n) is 9.45. The van der Waals surface area contributed by atoms with Crippen LogP contribution in [0.2, 0.25) is 0 Å². The van der Waals surface area contributed by atoms with Gasteiger partial charge < -0.3 is 19.5 Å². The van der Waals surface area contributed by atoms with Gasteiger partial charge in [0.05, 0.1) is 26.4 Å². The Kier molecular flexibility index (Phi) is 4.95. The second kappa shape index (κ2) is 6.00. The number of amides is 1. The van der Waals surface area contributed by atoms with Crippen LogP contribution in [0, 0.1) is 0 Å². The molecule has 1 unspecified atom stereocenters. The number of hydrogen-bond acceptors (Lipinski definition) is 3. The Morgan fingerprint density at radius 2 is 2.31 bits per heavy atom. The summed E-state index contributed by atoms with van der Waals surface area (Å²) < 4.78 is 24.0. The largest absolute Gasteiger partial charge is 0.465 e. The third-order valence-corrected chi connectivity index (χ3v) is 2.59. The number of halogens is 1. The highest BCUT2D eigenvalue weighted by Crippen LogP contribution is 2.25. The molecule has 1 amide bonds. The van der Waals surface area contributed by atoms with E-state index in [1.807, 2.05) is 0 Å². The zero-order chi connectivity index (χ0) is 12.0. The Labute approximate surface area is 94.1 Å². The Hall–Kier alpha value is -0.880. The summed E-state index contributed by atoms with van der Waals surface area (Å²) in [5.74, 6) is 0. The number of likely N-dealkylation sites (tertiary alicyclic amines) is 1. The van der Waals surface area contributed by atoms with Crippen LogP contribution >= 0.6 is 0 Å². The smallest absolute Gasteiger partial charge is 0.407 e. The number of ether oxygens (including phenoxy) is 2. The highest BCUT2D eigenvalue weighted by atomic mass is 19.1. The maximum atomic E-state index is 14.1. The molecule has 1 saturated heterocycles. The summed E-state index contributed by atoms with van der Waals surface area (Å²) in [6.45, 7) is 0.975. The standard InChI is InChI=1S/C10H18FNO4/c1-15-5-6-16-8-10(11)3-2-4-12(7-10)9(13)14/h2-8H2,1H3,(H,13,14). The van der Waals surface area contributed by atoms with Gasteiger partial charge in [0.2, 0.25) is 0 Å². The normalized spacial score (nSPS) is 25.8. The molecule has 0 aromatic heterocycles. The first-order valence-electron chi connectivity index (χ1n) is 5.31. The summed E-state index contributed by atoms with van der Waals surface area (Å²) in [4.78, 5) is 11.8. The highest BCUT2D eigenvalue weighted by Gasteiger charge is 2.37. The molecule has 6 heteroatoms. The fourth-order valence-electron chi connectivity index (χ4n) is 1.77. The molecule has 94 valence electrons. The molecule has 1 aliphatic rings. The molecule has 5 nitrogen and oxygen atoms in total. The lowest BCUT2D eigenvalue weighted by Crippen LogP contribution is -2.49. The Morgan fingerprint density at radius 3 is 2.94 bits per heavy atom. The van der Waals surface area contributed by atoms with Crippen LogP contribution in [0.15, 0.2) is 0 Å². The number of piperidine rings is 1. The topological polar surface area (TPSA) is 59.0 Å². The van der Waals surface area contributed by atoms with E-state index in [1.165, 1.54) is 0 Å². The average molecular weight is 235 g/mol. The van der Waals surface area contributed by atoms with Crippen LogP contribution in [-0.4, -0.2) is 61.8 Å². The van der Waals surface area contributed by atoms with Crippen LogP contribution in [-0.2, 0) is 9.47 Å². The molecule has 1 heterocycles. The molecule has 1 rings (SSSR count). The predicted octanol–water partition coefficient (Wildman–Crippen LogP) is 1.13. The molecule has 0 spiro atoms. The van der Waals surface area contributed by atoms with Crippen molar-refractivity contribution in [2.75, 3.05) is 40.0 Å². The SMILES string of the molecule is COCCOCC1(F)CCCN(C(=O)O)C1. The monoisotopic (exact) mass is 235 g/mol. The van der Waals surface area contributed by atoms with Crippen LogP contribution < -0.4 is 0 Å².